The average molecular weight is 371 g/mol. The monoisotopic (exact) mass is 371 g/mol. The van der Waals surface area contributed by atoms with Crippen molar-refractivity contribution in [2.45, 2.75) is 38.8 Å². The Morgan fingerprint density at radius 3 is 2.73 bits per heavy atom. The fourth-order valence-electron chi connectivity index (χ4n) is 2.63. The van der Waals surface area contributed by atoms with Crippen LogP contribution in [-0.2, 0) is 4.79 Å². The van der Waals surface area contributed by atoms with Crippen molar-refractivity contribution < 1.29 is 13.6 Å². The molecule has 3 rings (SSSR count). The maximum absolute atomic E-state index is 12.4. The van der Waals surface area contributed by atoms with Crippen LogP contribution in [0, 0.1) is 13.8 Å². The molecule has 0 aliphatic rings. The van der Waals surface area contributed by atoms with Gasteiger partial charge in [-0.2, -0.15) is 0 Å². The van der Waals surface area contributed by atoms with E-state index in [0.29, 0.717) is 22.8 Å². The maximum atomic E-state index is 12.4. The molecule has 1 aromatic carbocycles. The molecule has 0 atom stereocenters. The highest BCUT2D eigenvalue weighted by Gasteiger charge is 2.16. The molecule has 0 aliphatic heterocycles. The van der Waals surface area contributed by atoms with E-state index in [0.717, 1.165) is 22.4 Å². The summed E-state index contributed by atoms with van der Waals surface area (Å²) in [5.74, 6) is 1.52. The van der Waals surface area contributed by atoms with E-state index in [-0.39, 0.29) is 11.7 Å². The molecule has 0 bridgehead atoms. The minimum absolute atomic E-state index is 0.106. The van der Waals surface area contributed by atoms with Crippen molar-refractivity contribution in [2.24, 2.45) is 0 Å². The Morgan fingerprint density at radius 2 is 2.04 bits per heavy atom. The number of furan rings is 1. The van der Waals surface area contributed by atoms with Gasteiger partial charge in [0.1, 0.15) is 5.76 Å². The highest BCUT2D eigenvalue weighted by molar-refractivity contribution is 7.99. The summed E-state index contributed by atoms with van der Waals surface area (Å²) >= 11 is 1.21. The number of amides is 1. The number of aryl methyl sites for hydroxylation is 2. The van der Waals surface area contributed by atoms with Gasteiger partial charge in [-0.05, 0) is 37.0 Å². The molecule has 0 spiro atoms. The molecule has 0 fully saturated rings. The molecule has 2 aromatic heterocycles. The average Bonchev–Trinajstić information content (AvgIpc) is 3.23. The van der Waals surface area contributed by atoms with Crippen LogP contribution in [-0.4, -0.2) is 21.9 Å². The minimum atomic E-state index is -0.106. The molecule has 0 radical (unpaired) electrons. The predicted octanol–water partition coefficient (Wildman–Crippen LogP) is 4.80. The van der Waals surface area contributed by atoms with Crippen molar-refractivity contribution in [3.8, 4) is 11.5 Å². The Labute approximate surface area is 156 Å². The van der Waals surface area contributed by atoms with E-state index in [1.807, 2.05) is 32.0 Å². The van der Waals surface area contributed by atoms with Gasteiger partial charge in [0, 0.05) is 5.69 Å². The van der Waals surface area contributed by atoms with Gasteiger partial charge in [0.25, 0.3) is 11.1 Å². The first-order valence-corrected chi connectivity index (χ1v) is 9.34. The van der Waals surface area contributed by atoms with Gasteiger partial charge < -0.3 is 14.2 Å². The maximum Gasteiger partial charge on any atom is 0.277 e. The molecule has 0 saturated heterocycles. The van der Waals surface area contributed by atoms with Crippen molar-refractivity contribution >= 4 is 23.4 Å². The zero-order valence-corrected chi connectivity index (χ0v) is 16.0. The van der Waals surface area contributed by atoms with Crippen LogP contribution in [0.1, 0.15) is 36.7 Å². The Hall–Kier alpha value is -2.54. The summed E-state index contributed by atoms with van der Waals surface area (Å²) in [7, 11) is 0. The zero-order chi connectivity index (χ0) is 18.7. The smallest absolute Gasteiger partial charge is 0.277 e. The lowest BCUT2D eigenvalue weighted by atomic mass is 9.98. The Kier molecular flexibility index (Phi) is 5.46. The van der Waals surface area contributed by atoms with Gasteiger partial charge in [-0.1, -0.05) is 43.8 Å². The van der Waals surface area contributed by atoms with Gasteiger partial charge in [0.2, 0.25) is 5.91 Å². The number of carbonyl (C=O) groups is 1. The van der Waals surface area contributed by atoms with Crippen LogP contribution in [0.3, 0.4) is 0 Å². The standard InChI is InChI=1S/C19H21N3O3S/c1-11(2)14-7-5-6-12(3)17(14)20-16(23)10-26-19-22-21-18(25-19)15-8-9-24-13(15)4/h5-9,11H,10H2,1-4H3,(H,20,23). The van der Waals surface area contributed by atoms with Crippen LogP contribution in [0.5, 0.6) is 0 Å². The molecule has 1 N–H and O–H groups in total. The van der Waals surface area contributed by atoms with Crippen molar-refractivity contribution in [1.82, 2.24) is 10.2 Å². The summed E-state index contributed by atoms with van der Waals surface area (Å²) in [5, 5.41) is 11.3. The largest absolute Gasteiger partial charge is 0.469 e. The lowest BCUT2D eigenvalue weighted by Crippen LogP contribution is -2.16. The molecule has 2 heterocycles. The fraction of sp³-hybridized carbons (Fsp3) is 0.316. The molecule has 136 valence electrons. The third-order valence-corrected chi connectivity index (χ3v) is 4.83. The van der Waals surface area contributed by atoms with Crippen LogP contribution in [0.2, 0.25) is 0 Å². The van der Waals surface area contributed by atoms with Crippen LogP contribution in [0.15, 0.2) is 44.6 Å². The minimum Gasteiger partial charge on any atom is -0.469 e. The van der Waals surface area contributed by atoms with Crippen molar-refractivity contribution in [3.63, 3.8) is 0 Å². The number of hydrogen-bond acceptors (Lipinski definition) is 6. The highest BCUT2D eigenvalue weighted by Crippen LogP contribution is 2.29. The van der Waals surface area contributed by atoms with Crippen molar-refractivity contribution in [2.75, 3.05) is 11.1 Å². The van der Waals surface area contributed by atoms with E-state index in [2.05, 4.69) is 29.4 Å². The normalized spacial score (nSPS) is 11.1. The molecule has 7 heteroatoms. The van der Waals surface area contributed by atoms with E-state index >= 15 is 0 Å². The van der Waals surface area contributed by atoms with Gasteiger partial charge in [-0.3, -0.25) is 4.79 Å². The molecule has 0 unspecified atom stereocenters. The fourth-order valence-corrected chi connectivity index (χ4v) is 3.19. The molecule has 26 heavy (non-hydrogen) atoms. The van der Waals surface area contributed by atoms with E-state index in [9.17, 15) is 4.79 Å². The highest BCUT2D eigenvalue weighted by atomic mass is 32.2. The summed E-state index contributed by atoms with van der Waals surface area (Å²) in [4.78, 5) is 12.4. The van der Waals surface area contributed by atoms with Gasteiger partial charge in [0.15, 0.2) is 0 Å². The first-order valence-electron chi connectivity index (χ1n) is 8.36. The Balaban J connectivity index is 1.64. The number of nitrogens with zero attached hydrogens (tertiary/aromatic N) is 2. The first kappa shape index (κ1) is 18.3. The molecule has 0 aliphatic carbocycles. The molecule has 3 aromatic rings. The second-order valence-corrected chi connectivity index (χ2v) is 7.22. The van der Waals surface area contributed by atoms with E-state index < -0.39 is 0 Å². The molecular weight excluding hydrogens is 350 g/mol. The number of para-hydroxylation sites is 1. The Morgan fingerprint density at radius 1 is 1.23 bits per heavy atom. The predicted molar refractivity (Wildman–Crippen MR) is 101 cm³/mol. The molecule has 1 amide bonds. The number of carbonyl (C=O) groups excluding carboxylic acids is 1. The number of hydrogen-bond donors (Lipinski definition) is 1. The van der Waals surface area contributed by atoms with Crippen LogP contribution in [0.4, 0.5) is 5.69 Å². The van der Waals surface area contributed by atoms with E-state index in [1.165, 1.54) is 11.8 Å². The summed E-state index contributed by atoms with van der Waals surface area (Å²) in [6.45, 7) is 8.04. The lowest BCUT2D eigenvalue weighted by molar-refractivity contribution is -0.113. The van der Waals surface area contributed by atoms with Crippen LogP contribution >= 0.6 is 11.8 Å². The molecule has 0 saturated carbocycles. The van der Waals surface area contributed by atoms with Gasteiger partial charge in [-0.15, -0.1) is 10.2 Å². The number of aromatic nitrogens is 2. The summed E-state index contributed by atoms with van der Waals surface area (Å²) < 4.78 is 10.8. The zero-order valence-electron chi connectivity index (χ0n) is 15.2. The SMILES string of the molecule is Cc1cccc(C(C)C)c1NC(=O)CSc1nnc(-c2ccoc2C)o1. The molecular formula is C19H21N3O3S. The summed E-state index contributed by atoms with van der Waals surface area (Å²) in [5.41, 5.74) is 3.81. The van der Waals surface area contributed by atoms with Crippen LogP contribution < -0.4 is 5.32 Å². The van der Waals surface area contributed by atoms with Crippen molar-refractivity contribution in [1.29, 1.82) is 0 Å². The van der Waals surface area contributed by atoms with Gasteiger partial charge >= 0.3 is 0 Å². The number of rotatable bonds is 6. The summed E-state index contributed by atoms with van der Waals surface area (Å²) in [6, 6.07) is 7.81. The van der Waals surface area contributed by atoms with Crippen molar-refractivity contribution in [3.05, 3.63) is 47.4 Å². The number of thioether (sulfide) groups is 1. The quantitative estimate of drug-likeness (QED) is 0.627. The number of anilines is 1. The lowest BCUT2D eigenvalue weighted by Gasteiger charge is -2.16. The van der Waals surface area contributed by atoms with E-state index in [1.54, 1.807) is 12.3 Å². The number of nitrogens with one attached hydrogen (secondary N) is 1. The third-order valence-electron chi connectivity index (χ3n) is 4.01. The Bertz CT molecular complexity index is 914. The number of benzene rings is 1. The van der Waals surface area contributed by atoms with Crippen LogP contribution in [0.25, 0.3) is 11.5 Å². The topological polar surface area (TPSA) is 81.2 Å². The second-order valence-electron chi connectivity index (χ2n) is 6.29. The van der Waals surface area contributed by atoms with E-state index in [4.69, 9.17) is 8.83 Å². The first-order chi connectivity index (χ1) is 12.5. The van der Waals surface area contributed by atoms with Gasteiger partial charge in [0.05, 0.1) is 17.6 Å². The second kappa shape index (κ2) is 7.78. The third kappa shape index (κ3) is 3.99. The van der Waals surface area contributed by atoms with Gasteiger partial charge in [-0.25, -0.2) is 0 Å². The molecule has 6 nitrogen and oxygen atoms in total. The summed E-state index contributed by atoms with van der Waals surface area (Å²) in [6.07, 6.45) is 1.57.